The molecule has 148 valence electrons. The van der Waals surface area contributed by atoms with Gasteiger partial charge in [0.1, 0.15) is 0 Å². The Balaban J connectivity index is 0.000000271. The first-order valence-electron chi connectivity index (χ1n) is 9.00. The van der Waals surface area contributed by atoms with Crippen molar-refractivity contribution in [1.29, 1.82) is 0 Å². The van der Waals surface area contributed by atoms with E-state index in [0.29, 0.717) is 5.88 Å². The first-order chi connectivity index (χ1) is 11.7. The molecular formula is C19H35ClO5. The van der Waals surface area contributed by atoms with Gasteiger partial charge >= 0.3 is 0 Å². The molecule has 2 fully saturated rings. The molecule has 1 unspecified atom stereocenters. The molecule has 2 rings (SSSR count). The SMILES string of the molecule is C=CC1OCC(C)(C)CO1.CC1(C)COC(CCCC(O)CCl)OC1. The lowest BCUT2D eigenvalue weighted by Gasteiger charge is -2.34. The van der Waals surface area contributed by atoms with Gasteiger partial charge in [0.05, 0.1) is 32.5 Å². The molecule has 0 aliphatic carbocycles. The summed E-state index contributed by atoms with van der Waals surface area (Å²) in [6.07, 6.45) is 3.44. The van der Waals surface area contributed by atoms with Crippen LogP contribution in [0.3, 0.4) is 0 Å². The Kier molecular flexibility index (Phi) is 9.93. The van der Waals surface area contributed by atoms with Crippen LogP contribution in [0, 0.1) is 10.8 Å². The third-order valence-electron chi connectivity index (χ3n) is 3.94. The van der Waals surface area contributed by atoms with Crippen molar-refractivity contribution in [2.45, 2.75) is 65.6 Å². The van der Waals surface area contributed by atoms with Gasteiger partial charge in [-0.3, -0.25) is 0 Å². The van der Waals surface area contributed by atoms with Crippen LogP contribution in [0.1, 0.15) is 47.0 Å². The standard InChI is InChI=1S/C11H21ClO3.C8H14O2/c1-11(2)7-14-10(15-8-11)5-3-4-9(13)6-12;1-4-7-9-5-8(2,3)6-10-7/h9-10,13H,3-8H2,1-2H3;4,7H,1,5-6H2,2-3H3. The molecule has 0 saturated carbocycles. The second-order valence-corrected chi connectivity index (χ2v) is 8.65. The summed E-state index contributed by atoms with van der Waals surface area (Å²) in [6.45, 7) is 15.1. The Bertz CT molecular complexity index is 366. The van der Waals surface area contributed by atoms with Crippen LogP contribution >= 0.6 is 11.6 Å². The number of halogens is 1. The van der Waals surface area contributed by atoms with Gasteiger partial charge in [-0.15, -0.1) is 11.6 Å². The van der Waals surface area contributed by atoms with Gasteiger partial charge in [0.25, 0.3) is 0 Å². The normalized spacial score (nSPS) is 24.9. The first kappa shape index (κ1) is 22.9. The van der Waals surface area contributed by atoms with E-state index in [0.717, 1.165) is 45.7 Å². The summed E-state index contributed by atoms with van der Waals surface area (Å²) in [4.78, 5) is 0. The molecule has 0 amide bonds. The van der Waals surface area contributed by atoms with E-state index in [1.165, 1.54) is 0 Å². The second kappa shape index (κ2) is 10.9. The van der Waals surface area contributed by atoms with Crippen LogP contribution in [0.25, 0.3) is 0 Å². The maximum absolute atomic E-state index is 9.26. The predicted octanol–water partition coefficient (Wildman–Crippen LogP) is 3.73. The van der Waals surface area contributed by atoms with Crippen LogP contribution in [0.2, 0.25) is 0 Å². The fourth-order valence-electron chi connectivity index (χ4n) is 2.33. The average Bonchev–Trinajstić information content (AvgIpc) is 2.57. The van der Waals surface area contributed by atoms with Crippen molar-refractivity contribution in [3.05, 3.63) is 12.7 Å². The minimum Gasteiger partial charge on any atom is -0.392 e. The summed E-state index contributed by atoms with van der Waals surface area (Å²) in [7, 11) is 0. The van der Waals surface area contributed by atoms with E-state index in [2.05, 4.69) is 34.3 Å². The number of ether oxygens (including phenoxy) is 4. The molecule has 1 N–H and O–H groups in total. The van der Waals surface area contributed by atoms with E-state index in [4.69, 9.17) is 30.5 Å². The Morgan fingerprint density at radius 2 is 1.52 bits per heavy atom. The highest BCUT2D eigenvalue weighted by Crippen LogP contribution is 2.25. The summed E-state index contributed by atoms with van der Waals surface area (Å²) in [6, 6.07) is 0. The number of hydrogen-bond acceptors (Lipinski definition) is 5. The van der Waals surface area contributed by atoms with Gasteiger partial charge in [0.15, 0.2) is 12.6 Å². The highest BCUT2D eigenvalue weighted by molar-refractivity contribution is 6.18. The van der Waals surface area contributed by atoms with Crippen LogP contribution in [-0.4, -0.2) is 56.1 Å². The van der Waals surface area contributed by atoms with Crippen LogP contribution in [0.4, 0.5) is 0 Å². The predicted molar refractivity (Wildman–Crippen MR) is 99.7 cm³/mol. The first-order valence-corrected chi connectivity index (χ1v) is 9.54. The monoisotopic (exact) mass is 378 g/mol. The zero-order chi connectivity index (χ0) is 18.9. The number of aliphatic hydroxyl groups excluding tert-OH is 1. The van der Waals surface area contributed by atoms with E-state index >= 15 is 0 Å². The van der Waals surface area contributed by atoms with Crippen molar-refractivity contribution in [2.75, 3.05) is 32.3 Å². The van der Waals surface area contributed by atoms with E-state index in [1.54, 1.807) is 6.08 Å². The largest absolute Gasteiger partial charge is 0.392 e. The highest BCUT2D eigenvalue weighted by Gasteiger charge is 2.28. The smallest absolute Gasteiger partial charge is 0.176 e. The molecule has 2 saturated heterocycles. The molecule has 25 heavy (non-hydrogen) atoms. The number of alkyl halides is 1. The molecule has 6 heteroatoms. The van der Waals surface area contributed by atoms with Gasteiger partial charge in [-0.25, -0.2) is 0 Å². The molecule has 0 aromatic carbocycles. The van der Waals surface area contributed by atoms with Crippen molar-refractivity contribution in [3.63, 3.8) is 0 Å². The van der Waals surface area contributed by atoms with Gasteiger partial charge in [-0.2, -0.15) is 0 Å². The minimum absolute atomic E-state index is 0.0967. The lowest BCUT2D eigenvalue weighted by atomic mass is 9.95. The van der Waals surface area contributed by atoms with Gasteiger partial charge in [-0.1, -0.05) is 34.3 Å². The van der Waals surface area contributed by atoms with Gasteiger partial charge in [0.2, 0.25) is 0 Å². The molecule has 0 radical (unpaired) electrons. The molecule has 5 nitrogen and oxygen atoms in total. The molecule has 2 aliphatic rings. The van der Waals surface area contributed by atoms with Crippen molar-refractivity contribution in [3.8, 4) is 0 Å². The number of rotatable bonds is 6. The van der Waals surface area contributed by atoms with Crippen molar-refractivity contribution >= 4 is 11.6 Å². The average molecular weight is 379 g/mol. The molecule has 2 heterocycles. The van der Waals surface area contributed by atoms with Crippen LogP contribution in [0.15, 0.2) is 12.7 Å². The van der Waals surface area contributed by atoms with Gasteiger partial charge in [0, 0.05) is 16.7 Å². The van der Waals surface area contributed by atoms with Crippen LogP contribution in [0.5, 0.6) is 0 Å². The van der Waals surface area contributed by atoms with Gasteiger partial charge in [-0.05, 0) is 25.3 Å². The van der Waals surface area contributed by atoms with E-state index < -0.39 is 6.10 Å². The Hall–Kier alpha value is -0.170. The Labute approximate surface area is 157 Å². The minimum atomic E-state index is -0.397. The molecule has 0 aromatic rings. The van der Waals surface area contributed by atoms with Crippen molar-refractivity contribution in [2.24, 2.45) is 10.8 Å². The summed E-state index contributed by atoms with van der Waals surface area (Å²) in [5.74, 6) is 0.305. The Morgan fingerprint density at radius 3 is 1.96 bits per heavy atom. The van der Waals surface area contributed by atoms with Crippen LogP contribution < -0.4 is 0 Å². The molecule has 0 aromatic heterocycles. The maximum atomic E-state index is 9.26. The molecule has 2 aliphatic heterocycles. The van der Waals surface area contributed by atoms with Crippen molar-refractivity contribution < 1.29 is 24.1 Å². The third kappa shape index (κ3) is 9.92. The zero-order valence-corrected chi connectivity index (χ0v) is 16.9. The fourth-order valence-corrected chi connectivity index (χ4v) is 2.49. The topological polar surface area (TPSA) is 57.2 Å². The summed E-state index contributed by atoms with van der Waals surface area (Å²) >= 11 is 5.50. The quantitative estimate of drug-likeness (QED) is 0.563. The lowest BCUT2D eigenvalue weighted by Crippen LogP contribution is -2.37. The zero-order valence-electron chi connectivity index (χ0n) is 16.1. The summed E-state index contributed by atoms with van der Waals surface area (Å²) in [5, 5.41) is 9.26. The summed E-state index contributed by atoms with van der Waals surface area (Å²) in [5.41, 5.74) is 0.297. The highest BCUT2D eigenvalue weighted by atomic mass is 35.5. The fraction of sp³-hybridized carbons (Fsp3) is 0.895. The van der Waals surface area contributed by atoms with Gasteiger partial charge < -0.3 is 24.1 Å². The molecule has 0 bridgehead atoms. The molecule has 1 atom stereocenters. The van der Waals surface area contributed by atoms with Crippen molar-refractivity contribution in [1.82, 2.24) is 0 Å². The van der Waals surface area contributed by atoms with E-state index in [1.807, 2.05) is 0 Å². The second-order valence-electron chi connectivity index (χ2n) is 8.35. The van der Waals surface area contributed by atoms with E-state index in [9.17, 15) is 5.11 Å². The third-order valence-corrected chi connectivity index (χ3v) is 4.30. The molecular weight excluding hydrogens is 344 g/mol. The number of aliphatic hydroxyl groups is 1. The maximum Gasteiger partial charge on any atom is 0.176 e. The van der Waals surface area contributed by atoms with Crippen LogP contribution in [-0.2, 0) is 18.9 Å². The lowest BCUT2D eigenvalue weighted by molar-refractivity contribution is -0.224. The number of hydrogen-bond donors (Lipinski definition) is 1. The van der Waals surface area contributed by atoms with E-state index in [-0.39, 0.29) is 23.4 Å². The Morgan fingerprint density at radius 1 is 1.04 bits per heavy atom. The summed E-state index contributed by atoms with van der Waals surface area (Å²) < 4.78 is 21.7. The molecule has 0 spiro atoms.